The molecule has 122 valence electrons. The number of nitrogens with one attached hydrogen (secondary N) is 1. The number of rotatable bonds is 6. The summed E-state index contributed by atoms with van der Waals surface area (Å²) in [5.41, 5.74) is 2.29. The molecule has 5 heteroatoms. The molecule has 0 saturated heterocycles. The van der Waals surface area contributed by atoms with Crippen molar-refractivity contribution in [2.45, 2.75) is 45.9 Å². The highest BCUT2D eigenvalue weighted by Gasteiger charge is 2.21. The van der Waals surface area contributed by atoms with Crippen LogP contribution in [0.2, 0.25) is 0 Å². The summed E-state index contributed by atoms with van der Waals surface area (Å²) in [6, 6.07) is 6.26. The summed E-state index contributed by atoms with van der Waals surface area (Å²) < 4.78 is 5.80. The summed E-state index contributed by atoms with van der Waals surface area (Å²) in [5.74, 6) is 0.927. The maximum atomic E-state index is 11.5. The van der Waals surface area contributed by atoms with Gasteiger partial charge in [0.25, 0.3) is 0 Å². The Balaban J connectivity index is 1.96. The van der Waals surface area contributed by atoms with Gasteiger partial charge in [-0.1, -0.05) is 26.0 Å². The normalized spacial score (nSPS) is 15.6. The number of hydrogen-bond donors (Lipinski definition) is 2. The van der Waals surface area contributed by atoms with Gasteiger partial charge in [-0.05, 0) is 18.1 Å². The topological polar surface area (TPSA) is 61.8 Å². The lowest BCUT2D eigenvalue weighted by Crippen LogP contribution is -2.36. The molecule has 2 N–H and O–H groups in total. The Hall–Kier alpha value is -1.59. The molecule has 0 spiro atoms. The average molecular weight is 306 g/mol. The molecule has 0 aliphatic carbocycles. The number of aliphatic hydroxyl groups is 1. The van der Waals surface area contributed by atoms with Crippen LogP contribution in [-0.4, -0.2) is 47.8 Å². The standard InChI is InChI=1S/C17H26N2O3/c1-12(2)18-9-15(21)11-22-17-6-4-5-14-10-19(13(3)20)8-7-16(14)17/h4-6,12,15,18,21H,7-11H2,1-3H3. The van der Waals surface area contributed by atoms with E-state index in [1.165, 1.54) is 0 Å². The van der Waals surface area contributed by atoms with Gasteiger partial charge in [-0.15, -0.1) is 0 Å². The first-order valence-electron chi connectivity index (χ1n) is 7.88. The number of benzene rings is 1. The van der Waals surface area contributed by atoms with Crippen molar-refractivity contribution in [2.24, 2.45) is 0 Å². The molecule has 1 aliphatic rings. The molecule has 0 bridgehead atoms. The van der Waals surface area contributed by atoms with E-state index < -0.39 is 6.10 Å². The zero-order valence-electron chi connectivity index (χ0n) is 13.6. The van der Waals surface area contributed by atoms with Crippen molar-refractivity contribution in [3.05, 3.63) is 29.3 Å². The monoisotopic (exact) mass is 306 g/mol. The van der Waals surface area contributed by atoms with E-state index in [9.17, 15) is 9.90 Å². The Kier molecular flexibility index (Phi) is 5.80. The minimum absolute atomic E-state index is 0.104. The number of amides is 1. The molecular weight excluding hydrogens is 280 g/mol. The van der Waals surface area contributed by atoms with E-state index in [0.717, 1.165) is 29.8 Å². The minimum Gasteiger partial charge on any atom is -0.491 e. The molecule has 1 aromatic rings. The zero-order valence-corrected chi connectivity index (χ0v) is 13.6. The van der Waals surface area contributed by atoms with Gasteiger partial charge in [0.2, 0.25) is 5.91 Å². The summed E-state index contributed by atoms with van der Waals surface area (Å²) in [4.78, 5) is 13.3. The fourth-order valence-electron chi connectivity index (χ4n) is 2.60. The lowest BCUT2D eigenvalue weighted by Gasteiger charge is -2.29. The molecule has 0 saturated carbocycles. The molecule has 1 unspecified atom stereocenters. The third kappa shape index (κ3) is 4.45. The molecule has 0 radical (unpaired) electrons. The van der Waals surface area contributed by atoms with E-state index in [1.807, 2.05) is 36.9 Å². The molecule has 22 heavy (non-hydrogen) atoms. The molecule has 0 aromatic heterocycles. The second-order valence-electron chi connectivity index (χ2n) is 6.11. The van der Waals surface area contributed by atoms with Crippen molar-refractivity contribution in [1.82, 2.24) is 10.2 Å². The number of fused-ring (bicyclic) bond motifs is 1. The molecule has 0 fully saturated rings. The van der Waals surface area contributed by atoms with E-state index in [2.05, 4.69) is 5.32 Å². The van der Waals surface area contributed by atoms with Crippen LogP contribution in [0.1, 0.15) is 31.9 Å². The molecule has 1 aromatic carbocycles. The Bertz CT molecular complexity index is 517. The van der Waals surface area contributed by atoms with Gasteiger partial charge < -0.3 is 20.1 Å². The fourth-order valence-corrected chi connectivity index (χ4v) is 2.60. The van der Waals surface area contributed by atoms with Crippen LogP contribution < -0.4 is 10.1 Å². The zero-order chi connectivity index (χ0) is 16.1. The summed E-state index contributed by atoms with van der Waals surface area (Å²) in [5, 5.41) is 13.1. The minimum atomic E-state index is -0.532. The Labute approximate surface area is 132 Å². The highest BCUT2D eigenvalue weighted by atomic mass is 16.5. The van der Waals surface area contributed by atoms with Crippen molar-refractivity contribution in [3.63, 3.8) is 0 Å². The molecule has 1 heterocycles. The second kappa shape index (κ2) is 7.61. The van der Waals surface area contributed by atoms with Crippen molar-refractivity contribution in [3.8, 4) is 5.75 Å². The van der Waals surface area contributed by atoms with E-state index in [4.69, 9.17) is 4.74 Å². The number of hydrogen-bond acceptors (Lipinski definition) is 4. The fraction of sp³-hybridized carbons (Fsp3) is 0.588. The molecule has 2 rings (SSSR count). The highest BCUT2D eigenvalue weighted by Crippen LogP contribution is 2.28. The summed E-state index contributed by atoms with van der Waals surface area (Å²) in [6.45, 7) is 7.84. The number of ether oxygens (including phenoxy) is 1. The number of aliphatic hydroxyl groups excluding tert-OH is 1. The van der Waals surface area contributed by atoms with Crippen LogP contribution in [0.15, 0.2) is 18.2 Å². The summed E-state index contributed by atoms with van der Waals surface area (Å²) >= 11 is 0. The first-order valence-corrected chi connectivity index (χ1v) is 7.88. The van der Waals surface area contributed by atoms with Gasteiger partial charge in [-0.3, -0.25) is 4.79 Å². The van der Waals surface area contributed by atoms with E-state index in [0.29, 0.717) is 19.1 Å². The van der Waals surface area contributed by atoms with Gasteiger partial charge in [-0.25, -0.2) is 0 Å². The quantitative estimate of drug-likeness (QED) is 0.832. The smallest absolute Gasteiger partial charge is 0.219 e. The highest BCUT2D eigenvalue weighted by molar-refractivity contribution is 5.73. The van der Waals surface area contributed by atoms with Crippen molar-refractivity contribution >= 4 is 5.91 Å². The Morgan fingerprint density at radius 2 is 2.23 bits per heavy atom. The van der Waals surface area contributed by atoms with E-state index >= 15 is 0 Å². The molecule has 5 nitrogen and oxygen atoms in total. The maximum absolute atomic E-state index is 11.5. The van der Waals surface area contributed by atoms with Crippen LogP contribution in [0.25, 0.3) is 0 Å². The number of carbonyl (C=O) groups is 1. The summed E-state index contributed by atoms with van der Waals surface area (Å²) in [7, 11) is 0. The summed E-state index contributed by atoms with van der Waals surface area (Å²) in [6.07, 6.45) is 0.265. The van der Waals surface area contributed by atoms with Crippen LogP contribution in [0, 0.1) is 0 Å². The van der Waals surface area contributed by atoms with E-state index in [1.54, 1.807) is 6.92 Å². The average Bonchev–Trinajstić information content (AvgIpc) is 2.50. The van der Waals surface area contributed by atoms with Crippen LogP contribution in [0.3, 0.4) is 0 Å². The number of carbonyl (C=O) groups excluding carboxylic acids is 1. The van der Waals surface area contributed by atoms with Gasteiger partial charge in [0.05, 0.1) is 0 Å². The first kappa shape index (κ1) is 16.8. The van der Waals surface area contributed by atoms with Gasteiger partial charge in [0.1, 0.15) is 18.5 Å². The third-order valence-electron chi connectivity index (χ3n) is 3.86. The second-order valence-corrected chi connectivity index (χ2v) is 6.11. The van der Waals surface area contributed by atoms with Crippen LogP contribution in [-0.2, 0) is 17.8 Å². The Morgan fingerprint density at radius 3 is 2.91 bits per heavy atom. The third-order valence-corrected chi connectivity index (χ3v) is 3.86. The van der Waals surface area contributed by atoms with Crippen LogP contribution in [0.5, 0.6) is 5.75 Å². The van der Waals surface area contributed by atoms with Gasteiger partial charge in [0, 0.05) is 38.2 Å². The lowest BCUT2D eigenvalue weighted by molar-refractivity contribution is -0.129. The lowest BCUT2D eigenvalue weighted by atomic mass is 9.98. The van der Waals surface area contributed by atoms with Crippen LogP contribution >= 0.6 is 0 Å². The molecule has 1 atom stereocenters. The predicted octanol–water partition coefficient (Wildman–Crippen LogP) is 1.33. The number of nitrogens with zero attached hydrogens (tertiary/aromatic N) is 1. The van der Waals surface area contributed by atoms with Crippen molar-refractivity contribution in [1.29, 1.82) is 0 Å². The van der Waals surface area contributed by atoms with Gasteiger partial charge >= 0.3 is 0 Å². The first-order chi connectivity index (χ1) is 10.5. The van der Waals surface area contributed by atoms with Gasteiger partial charge in [-0.2, -0.15) is 0 Å². The molecular formula is C17H26N2O3. The Morgan fingerprint density at radius 1 is 1.45 bits per heavy atom. The predicted molar refractivity (Wildman–Crippen MR) is 85.9 cm³/mol. The SMILES string of the molecule is CC(=O)N1CCc2c(cccc2OCC(O)CNC(C)C)C1. The maximum Gasteiger partial charge on any atom is 0.219 e. The van der Waals surface area contributed by atoms with E-state index in [-0.39, 0.29) is 12.5 Å². The van der Waals surface area contributed by atoms with Gasteiger partial charge in [0.15, 0.2) is 0 Å². The van der Waals surface area contributed by atoms with Crippen LogP contribution in [0.4, 0.5) is 0 Å². The largest absolute Gasteiger partial charge is 0.491 e. The molecule has 1 aliphatic heterocycles. The molecule has 1 amide bonds. The van der Waals surface area contributed by atoms with Crippen molar-refractivity contribution in [2.75, 3.05) is 19.7 Å². The van der Waals surface area contributed by atoms with Crippen molar-refractivity contribution < 1.29 is 14.6 Å².